The number of pyridine rings is 2. The number of aryl methyl sites for hydroxylation is 1. The number of esters is 1. The first kappa shape index (κ1) is 58.7. The number of amides is 4. The lowest BCUT2D eigenvalue weighted by Gasteiger charge is -2.38. The minimum atomic E-state index is -2.10. The number of rotatable bonds is 20. The maximum atomic E-state index is 15.5. The lowest BCUT2D eigenvalue weighted by Crippen LogP contribution is -2.61. The Bertz CT molecular complexity index is 3220. The van der Waals surface area contributed by atoms with E-state index in [-0.39, 0.29) is 109 Å². The molecule has 9 N–H and O–H groups in total. The number of ketones is 1. The van der Waals surface area contributed by atoms with Gasteiger partial charge in [0, 0.05) is 41.3 Å². The second-order valence-electron chi connectivity index (χ2n) is 21.0. The molecule has 4 amide bonds. The van der Waals surface area contributed by atoms with Crippen LogP contribution >= 0.6 is 0 Å². The fraction of sp³-hybridized carbons (Fsp3) is 0.509. The summed E-state index contributed by atoms with van der Waals surface area (Å²) in [5.41, 5.74) is 0.573. The Hall–Kier alpha value is -7.42. The first-order valence-electron chi connectivity index (χ1n) is 26.3. The van der Waals surface area contributed by atoms with Gasteiger partial charge < -0.3 is 75.1 Å². The van der Waals surface area contributed by atoms with E-state index in [1.807, 2.05) is 0 Å². The summed E-state index contributed by atoms with van der Waals surface area (Å²) in [6.07, 6.45) is -10.5. The highest BCUT2D eigenvalue weighted by Gasteiger charge is 2.49. The summed E-state index contributed by atoms with van der Waals surface area (Å²) in [7, 11) is 0. The lowest BCUT2D eigenvalue weighted by atomic mass is 9.81. The van der Waals surface area contributed by atoms with Gasteiger partial charge in [-0.2, -0.15) is 0 Å². The van der Waals surface area contributed by atoms with Crippen molar-refractivity contribution < 1.29 is 87.2 Å². The van der Waals surface area contributed by atoms with Crippen molar-refractivity contribution in [3.05, 3.63) is 85.4 Å². The molecule has 80 heavy (non-hydrogen) atoms. The van der Waals surface area contributed by atoms with Gasteiger partial charge in [0.05, 0.1) is 54.0 Å². The minimum Gasteiger partial charge on any atom is -0.479 e. The van der Waals surface area contributed by atoms with Crippen molar-refractivity contribution in [3.8, 4) is 17.1 Å². The number of anilines is 1. The van der Waals surface area contributed by atoms with Crippen molar-refractivity contribution in [2.75, 3.05) is 18.5 Å². The Morgan fingerprint density at radius 2 is 1.65 bits per heavy atom. The zero-order chi connectivity index (χ0) is 58.2. The number of aliphatic hydroxyl groups is 4. The number of alkyl carbamates (subject to hydrolysis) is 1. The number of carboxylic acids is 1. The first-order chi connectivity index (χ1) is 37.8. The maximum absolute atomic E-state index is 15.5. The summed E-state index contributed by atoms with van der Waals surface area (Å²) in [6.45, 7) is 10.8. The van der Waals surface area contributed by atoms with Gasteiger partial charge in [0.25, 0.3) is 5.56 Å². The van der Waals surface area contributed by atoms with Crippen LogP contribution < -0.4 is 31.6 Å². The lowest BCUT2D eigenvalue weighted by molar-refractivity contribution is -0.271. The number of aromatic nitrogens is 2. The van der Waals surface area contributed by atoms with Crippen molar-refractivity contribution in [3.63, 3.8) is 0 Å². The Balaban J connectivity index is 1.00. The van der Waals surface area contributed by atoms with E-state index in [1.165, 1.54) is 41.8 Å². The molecule has 1 fully saturated rings. The average molecular weight is 1120 g/mol. The molecule has 1 saturated heterocycles. The van der Waals surface area contributed by atoms with Crippen LogP contribution in [0.15, 0.2) is 35.1 Å². The molecule has 0 bridgehead atoms. The van der Waals surface area contributed by atoms with Crippen LogP contribution in [0.1, 0.15) is 112 Å². The van der Waals surface area contributed by atoms with E-state index < -0.39 is 114 Å². The summed E-state index contributed by atoms with van der Waals surface area (Å²) < 4.78 is 44.6. The molecule has 4 aliphatic rings. The smallest absolute Gasteiger partial charge is 0.407 e. The molecule has 24 nitrogen and oxygen atoms in total. The monoisotopic (exact) mass is 1120 g/mol. The zero-order valence-corrected chi connectivity index (χ0v) is 45.0. The number of carboxylic acid groups (broad SMARTS) is 1. The molecule has 9 atom stereocenters. The molecule has 2 aromatic carbocycles. The van der Waals surface area contributed by atoms with Crippen molar-refractivity contribution in [1.82, 2.24) is 25.5 Å². The Morgan fingerprint density at radius 1 is 0.925 bits per heavy atom. The number of fused-ring (bicyclic) bond motifs is 5. The number of carbonyl (C=O) groups excluding carboxylic acids is 6. The number of nitrogens with zero attached hydrogens (tertiary/aromatic N) is 2. The molecule has 2 aromatic heterocycles. The number of carbonyl (C=O) groups is 7. The van der Waals surface area contributed by atoms with Crippen LogP contribution in [0.25, 0.3) is 22.3 Å². The van der Waals surface area contributed by atoms with Crippen molar-refractivity contribution in [1.29, 1.82) is 0 Å². The molecule has 0 radical (unpaired) electrons. The molecular weight excluding hydrogens is 1050 g/mol. The fourth-order valence-electron chi connectivity index (χ4n) is 10.3. The second-order valence-corrected chi connectivity index (χ2v) is 21.0. The molecule has 0 saturated carbocycles. The number of nitrogens with one attached hydrogen (secondary N) is 4. The number of hydrogen-bond acceptors (Lipinski definition) is 18. The number of aliphatic carboxylic acids is 1. The van der Waals surface area contributed by atoms with E-state index in [4.69, 9.17) is 28.7 Å². The topological polar surface area (TPSA) is 350 Å². The van der Waals surface area contributed by atoms with Crippen LogP contribution in [0.3, 0.4) is 0 Å². The molecule has 25 heteroatoms. The second kappa shape index (κ2) is 23.7. The van der Waals surface area contributed by atoms with Crippen LogP contribution in [0, 0.1) is 24.6 Å². The van der Waals surface area contributed by atoms with Gasteiger partial charge in [0.1, 0.15) is 61.0 Å². The maximum Gasteiger partial charge on any atom is 0.407 e. The predicted molar refractivity (Wildman–Crippen MR) is 278 cm³/mol. The summed E-state index contributed by atoms with van der Waals surface area (Å²) >= 11 is 0. The van der Waals surface area contributed by atoms with Gasteiger partial charge in [-0.05, 0) is 79.5 Å². The number of benzene rings is 2. The minimum absolute atomic E-state index is 0.000454. The summed E-state index contributed by atoms with van der Waals surface area (Å²) in [5.74, 6) is -6.03. The van der Waals surface area contributed by atoms with E-state index in [9.17, 15) is 63.9 Å². The van der Waals surface area contributed by atoms with Crippen molar-refractivity contribution in [2.45, 2.75) is 155 Å². The van der Waals surface area contributed by atoms with Crippen LogP contribution in [-0.2, 0) is 79.5 Å². The van der Waals surface area contributed by atoms with Gasteiger partial charge in [-0.3, -0.25) is 24.0 Å². The third-order valence-electron chi connectivity index (χ3n) is 15.0. The van der Waals surface area contributed by atoms with E-state index in [2.05, 4.69) is 21.3 Å². The largest absolute Gasteiger partial charge is 0.479 e. The Kier molecular flexibility index (Phi) is 17.4. The molecule has 430 valence electrons. The van der Waals surface area contributed by atoms with E-state index in [0.29, 0.717) is 34.1 Å². The Morgan fingerprint density at radius 3 is 2.34 bits per heavy atom. The third-order valence-corrected chi connectivity index (χ3v) is 15.0. The number of halogens is 1. The van der Waals surface area contributed by atoms with Crippen molar-refractivity contribution >= 4 is 58.1 Å². The first-order valence-corrected chi connectivity index (χ1v) is 26.3. The normalized spacial score (nSPS) is 22.6. The highest BCUT2D eigenvalue weighted by molar-refractivity contribution is 5.99. The van der Waals surface area contributed by atoms with Crippen molar-refractivity contribution in [2.24, 2.45) is 11.8 Å². The van der Waals surface area contributed by atoms with Crippen LogP contribution in [0.2, 0.25) is 0 Å². The molecule has 1 aliphatic carbocycles. The molecule has 8 rings (SSSR count). The molecule has 3 aliphatic heterocycles. The van der Waals surface area contributed by atoms with Gasteiger partial charge in [-0.1, -0.05) is 40.7 Å². The van der Waals surface area contributed by atoms with Crippen LogP contribution in [-0.4, -0.2) is 133 Å². The van der Waals surface area contributed by atoms with Crippen LogP contribution in [0.5, 0.6) is 5.75 Å². The fourth-order valence-corrected chi connectivity index (χ4v) is 10.3. The van der Waals surface area contributed by atoms with E-state index in [1.54, 1.807) is 41.5 Å². The van der Waals surface area contributed by atoms with Gasteiger partial charge >= 0.3 is 18.0 Å². The molecule has 0 spiro atoms. The number of cyclic esters (lactones) is 1. The molecule has 4 aromatic rings. The van der Waals surface area contributed by atoms with Gasteiger partial charge in [-0.15, -0.1) is 0 Å². The number of aliphatic hydroxyl groups excluding tert-OH is 3. The SMILES string of the molecule is CC[C@@]1(O)C(=O)OCc2c1cc1n(c2=O)Cc2c-1nc1cc(F)c(C)c3c1c2[C@@H](NC(=O)OCc1ccc(NC(=O)[C@H](C)NC(=O)[C@@H](NC(=O)CCOCCC(=O)C(C)C)C(C)C)c(O[C@@H]2O[C@H](C(=O)O)[C@@H](O)[C@H](O)[C@H]2O)c1)CC3. The summed E-state index contributed by atoms with van der Waals surface area (Å²) in [6, 6.07) is 3.65. The summed E-state index contributed by atoms with van der Waals surface area (Å²) in [4.78, 5) is 110. The number of Topliss-reactive ketones (excluding diaryl/α,β-unsaturated/α-hetero) is 1. The molecular formula is C55H65FN6O18. The highest BCUT2D eigenvalue weighted by atomic mass is 19.1. The number of ether oxygens (including phenoxy) is 5. The standard InChI is InChI=1S/C55H65FN6O18/c1-8-55(75)31-18-36-43-29(20-62(36)50(70)30(31)22-77-53(55)73)41-34(12-10-28-25(6)32(56)19-35(58-43)40(28)41)60-54(74)78-21-27-9-11-33(38(17-27)79-52-46(67)44(65)45(66)47(80-52)51(71)72)59-48(68)26(7)57-49(69)42(24(4)5)61-39(64)14-16-76-15-13-37(63)23(2)3/h9,11,17-19,23-24,26,34,42,44-47,52,65-67,75H,8,10,12-16,20-22H2,1-7H3,(H,57,69)(H,59,68)(H,60,74)(H,61,64)(H,71,72)/t26-,34-,42-,44-,45-,46+,47-,52+,55-/m0/s1. The van der Waals surface area contributed by atoms with Gasteiger partial charge in [-0.25, -0.2) is 23.8 Å². The van der Waals surface area contributed by atoms with E-state index >= 15 is 4.39 Å². The number of hydrogen-bond donors (Lipinski definition) is 9. The van der Waals surface area contributed by atoms with E-state index in [0.717, 1.165) is 0 Å². The average Bonchev–Trinajstić information content (AvgIpc) is 3.89. The molecule has 5 heterocycles. The van der Waals surface area contributed by atoms with Gasteiger partial charge in [0.15, 0.2) is 11.7 Å². The van der Waals surface area contributed by atoms with Gasteiger partial charge in [0.2, 0.25) is 24.0 Å². The quantitative estimate of drug-likeness (QED) is 0.0399. The highest BCUT2D eigenvalue weighted by Crippen LogP contribution is 2.46. The van der Waals surface area contributed by atoms with Crippen LogP contribution in [0.4, 0.5) is 14.9 Å². The summed E-state index contributed by atoms with van der Waals surface area (Å²) in [5, 5.41) is 64.2. The predicted octanol–water partition coefficient (Wildman–Crippen LogP) is 2.32. The molecule has 0 unspecified atom stereocenters. The Labute approximate surface area is 457 Å². The third kappa shape index (κ3) is 11.6. The zero-order valence-electron chi connectivity index (χ0n) is 45.0.